The molecule has 0 aromatic heterocycles. The number of methoxy groups -OCH3 is 1. The Kier molecular flexibility index (Phi) is 5.92. The molecule has 4 aliphatic heterocycles. The normalized spacial score (nSPS) is 56.2. The topological polar surface area (TPSA) is 143 Å². The van der Waals surface area contributed by atoms with E-state index in [1.165, 1.54) is 18.6 Å². The number of aliphatic hydroxyl groups is 2. The van der Waals surface area contributed by atoms with Gasteiger partial charge in [0.05, 0.1) is 18.3 Å². The van der Waals surface area contributed by atoms with Crippen molar-refractivity contribution in [1.29, 1.82) is 0 Å². The number of carbonyl (C=O) groups excluding carboxylic acids is 2. The molecule has 8 aliphatic rings. The first kappa shape index (κ1) is 28.6. The van der Waals surface area contributed by atoms with Crippen molar-refractivity contribution in [3.05, 3.63) is 23.3 Å². The Bertz CT molecular complexity index is 1330. The molecule has 3 saturated heterocycles. The van der Waals surface area contributed by atoms with Crippen molar-refractivity contribution in [3.63, 3.8) is 0 Å². The van der Waals surface area contributed by atoms with E-state index in [4.69, 9.17) is 33.2 Å². The van der Waals surface area contributed by atoms with Crippen LogP contribution in [-0.4, -0.2) is 95.8 Å². The molecule has 4 aliphatic carbocycles. The maximum atomic E-state index is 13.0. The first-order valence-electron chi connectivity index (χ1n) is 15.7. The summed E-state index contributed by atoms with van der Waals surface area (Å²) < 4.78 is 42.3. The Balaban J connectivity index is 1.15. The second-order valence-electron chi connectivity index (χ2n) is 14.7. The van der Waals surface area contributed by atoms with E-state index in [-0.39, 0.29) is 37.1 Å². The number of carbonyl (C=O) groups is 2. The molecule has 43 heavy (non-hydrogen) atoms. The highest BCUT2D eigenvalue weighted by molar-refractivity contribution is 5.85. The molecule has 0 aromatic rings. The third kappa shape index (κ3) is 3.50. The highest BCUT2D eigenvalue weighted by Gasteiger charge is 2.86. The smallest absolute Gasteiger partial charge is 0.331 e. The average molecular weight is 603 g/mol. The van der Waals surface area contributed by atoms with E-state index in [1.807, 2.05) is 6.92 Å². The second kappa shape index (κ2) is 8.90. The zero-order chi connectivity index (χ0) is 30.3. The van der Waals surface area contributed by atoms with Gasteiger partial charge in [0.1, 0.15) is 36.1 Å². The quantitative estimate of drug-likeness (QED) is 0.279. The van der Waals surface area contributed by atoms with Crippen molar-refractivity contribution in [3.8, 4) is 0 Å². The molecule has 236 valence electrons. The first-order chi connectivity index (χ1) is 20.3. The summed E-state index contributed by atoms with van der Waals surface area (Å²) in [6.07, 6.45) is 3.60. The number of ether oxygens (including phenoxy) is 7. The van der Waals surface area contributed by atoms with Gasteiger partial charge >= 0.3 is 11.9 Å². The van der Waals surface area contributed by atoms with Crippen LogP contribution < -0.4 is 0 Å². The molecule has 11 heteroatoms. The van der Waals surface area contributed by atoms with E-state index < -0.39 is 70.5 Å². The summed E-state index contributed by atoms with van der Waals surface area (Å²) in [7, 11) is 1.56. The summed E-state index contributed by atoms with van der Waals surface area (Å²) >= 11 is 0. The zero-order valence-corrected chi connectivity index (χ0v) is 25.4. The number of epoxide rings is 1. The van der Waals surface area contributed by atoms with Crippen LogP contribution in [0, 0.1) is 22.7 Å². The Hall–Kier alpha value is -1.86. The second-order valence-corrected chi connectivity index (χ2v) is 14.7. The minimum atomic E-state index is -1.73. The molecular formula is C32H42O11. The van der Waals surface area contributed by atoms with Crippen molar-refractivity contribution in [2.24, 2.45) is 22.7 Å². The lowest BCUT2D eigenvalue weighted by Crippen LogP contribution is -2.70. The van der Waals surface area contributed by atoms with Crippen LogP contribution in [0.3, 0.4) is 0 Å². The van der Waals surface area contributed by atoms with Crippen molar-refractivity contribution in [1.82, 2.24) is 0 Å². The first-order valence-corrected chi connectivity index (χ1v) is 15.7. The van der Waals surface area contributed by atoms with E-state index in [0.717, 1.165) is 12.0 Å². The summed E-state index contributed by atoms with van der Waals surface area (Å²) in [5.74, 6) is -2.98. The van der Waals surface area contributed by atoms with Gasteiger partial charge in [-0.2, -0.15) is 0 Å². The number of hydrogen-bond acceptors (Lipinski definition) is 11. The van der Waals surface area contributed by atoms with Gasteiger partial charge in [-0.05, 0) is 43.6 Å². The zero-order valence-electron chi connectivity index (χ0n) is 25.4. The third-order valence-electron chi connectivity index (χ3n) is 12.6. The van der Waals surface area contributed by atoms with Gasteiger partial charge in [0, 0.05) is 50.2 Å². The van der Waals surface area contributed by atoms with Crippen molar-refractivity contribution in [2.75, 3.05) is 13.7 Å². The van der Waals surface area contributed by atoms with E-state index in [0.29, 0.717) is 25.7 Å². The van der Waals surface area contributed by atoms with Crippen molar-refractivity contribution in [2.45, 2.75) is 126 Å². The fourth-order valence-corrected chi connectivity index (χ4v) is 10.8. The molecule has 0 radical (unpaired) electrons. The third-order valence-corrected chi connectivity index (χ3v) is 12.6. The maximum absolute atomic E-state index is 13.0. The summed E-state index contributed by atoms with van der Waals surface area (Å²) in [6.45, 7) is 7.72. The Morgan fingerprint density at radius 1 is 1.14 bits per heavy atom. The largest absolute Gasteiger partial charge is 0.462 e. The number of esters is 2. The van der Waals surface area contributed by atoms with Crippen LogP contribution in [0.25, 0.3) is 0 Å². The van der Waals surface area contributed by atoms with Gasteiger partial charge in [-0.3, -0.25) is 4.79 Å². The molecule has 14 atom stereocenters. The molecule has 6 fully saturated rings. The van der Waals surface area contributed by atoms with Gasteiger partial charge in [-0.25, -0.2) is 4.79 Å². The van der Waals surface area contributed by atoms with Crippen LogP contribution >= 0.6 is 0 Å². The predicted molar refractivity (Wildman–Crippen MR) is 146 cm³/mol. The fraction of sp³-hybridized carbons (Fsp3) is 0.812. The summed E-state index contributed by atoms with van der Waals surface area (Å²) in [4.78, 5) is 24.4. The Labute approximate surface area is 250 Å². The van der Waals surface area contributed by atoms with Crippen molar-refractivity contribution < 1.29 is 53.0 Å². The maximum Gasteiger partial charge on any atom is 0.331 e. The van der Waals surface area contributed by atoms with E-state index in [2.05, 4.69) is 19.9 Å². The summed E-state index contributed by atoms with van der Waals surface area (Å²) in [5.41, 5.74) is -1.28. The van der Waals surface area contributed by atoms with Gasteiger partial charge in [-0.1, -0.05) is 25.5 Å². The monoisotopic (exact) mass is 602 g/mol. The Morgan fingerprint density at radius 3 is 2.63 bits per heavy atom. The summed E-state index contributed by atoms with van der Waals surface area (Å²) in [6, 6.07) is 0. The molecular weight excluding hydrogens is 560 g/mol. The number of rotatable bonds is 3. The molecule has 0 amide bonds. The SMILES string of the molecule is CO[C@@H]1C[C@@H](C)O[C@H]2O[C@@H]3C=C4C[C@@H]5O[C@]56[C@H](CC[C@]5(C)[C@@H](C7=CC(=O)OC7)[C@H](OC(C)=O)C[C@]65O)[C@@]4(C)C[C@H]3O[C@]21O. The molecule has 1 spiro atoms. The van der Waals surface area contributed by atoms with Gasteiger partial charge in [0.2, 0.25) is 12.1 Å². The lowest BCUT2D eigenvalue weighted by atomic mass is 9.44. The lowest BCUT2D eigenvalue weighted by molar-refractivity contribution is -0.450. The minimum Gasteiger partial charge on any atom is -0.462 e. The molecule has 0 unspecified atom stereocenters. The van der Waals surface area contributed by atoms with Crippen LogP contribution in [0.4, 0.5) is 0 Å². The van der Waals surface area contributed by atoms with E-state index >= 15 is 0 Å². The molecule has 0 bridgehead atoms. The molecule has 8 rings (SSSR count). The Morgan fingerprint density at radius 2 is 1.93 bits per heavy atom. The van der Waals surface area contributed by atoms with Crippen LogP contribution in [0.15, 0.2) is 23.3 Å². The molecule has 2 N–H and O–H groups in total. The molecule has 3 saturated carbocycles. The van der Waals surface area contributed by atoms with Crippen LogP contribution in [0.2, 0.25) is 0 Å². The van der Waals surface area contributed by atoms with Gasteiger partial charge in [-0.15, -0.1) is 0 Å². The molecule has 11 nitrogen and oxygen atoms in total. The van der Waals surface area contributed by atoms with Crippen molar-refractivity contribution >= 4 is 11.9 Å². The van der Waals surface area contributed by atoms with Gasteiger partial charge in [0.15, 0.2) is 0 Å². The van der Waals surface area contributed by atoms with Gasteiger partial charge < -0.3 is 43.4 Å². The molecule has 0 aromatic carbocycles. The van der Waals surface area contributed by atoms with Gasteiger partial charge in [0.25, 0.3) is 0 Å². The van der Waals surface area contributed by atoms with E-state index in [9.17, 15) is 19.8 Å². The van der Waals surface area contributed by atoms with Crippen LogP contribution in [0.5, 0.6) is 0 Å². The van der Waals surface area contributed by atoms with Crippen LogP contribution in [0.1, 0.15) is 66.2 Å². The number of cyclic esters (lactones) is 1. The van der Waals surface area contributed by atoms with Crippen LogP contribution in [-0.2, 0) is 42.7 Å². The number of hydrogen-bond donors (Lipinski definition) is 2. The fourth-order valence-electron chi connectivity index (χ4n) is 10.8. The lowest BCUT2D eigenvalue weighted by Gasteiger charge is -2.61. The standard InChI is InChI=1S/C32H42O11/c1-15-8-24(37-5)32(36)27(39-15)41-19-10-18-11-23-31(43-23)22(28(18,3)12-20(19)42-32)6-7-29(4)26(17-9-25(34)38-14-17)21(40-16(2)33)13-30(29,31)35/h9-10,15,19-24,26-27,35-36H,6-8,11-14H2,1-5H3/t15-,19-,20-,21-,22-,23+,24-,26+,27+,28+,29-,30-,31-,32+/m1/s1. The summed E-state index contributed by atoms with van der Waals surface area (Å²) in [5, 5.41) is 24.6. The predicted octanol–water partition coefficient (Wildman–Crippen LogP) is 2.07. The minimum absolute atomic E-state index is 0.0481. The highest BCUT2D eigenvalue weighted by atomic mass is 16.8. The van der Waals surface area contributed by atoms with E-state index in [1.54, 1.807) is 7.11 Å². The molecule has 4 heterocycles. The number of fused-ring (bicyclic) bond motifs is 5. The highest BCUT2D eigenvalue weighted by Crippen LogP contribution is 2.77. The average Bonchev–Trinajstić information content (AvgIpc) is 3.41.